The van der Waals surface area contributed by atoms with E-state index in [2.05, 4.69) is 4.98 Å². The van der Waals surface area contributed by atoms with Gasteiger partial charge in [0.05, 0.1) is 5.69 Å². The maximum atomic E-state index is 13.2. The number of aryl methyl sites for hydroxylation is 1. The molecule has 1 amide bonds. The lowest BCUT2D eigenvalue weighted by atomic mass is 10.2. The van der Waals surface area contributed by atoms with Crippen LogP contribution in [-0.2, 0) is 6.54 Å². The zero-order chi connectivity index (χ0) is 19.7. The van der Waals surface area contributed by atoms with Gasteiger partial charge in [0.25, 0.3) is 5.91 Å². The Labute approximate surface area is 166 Å². The summed E-state index contributed by atoms with van der Waals surface area (Å²) in [6.45, 7) is 5.13. The first-order chi connectivity index (χ1) is 13.6. The van der Waals surface area contributed by atoms with Crippen molar-refractivity contribution in [1.82, 2.24) is 14.3 Å². The van der Waals surface area contributed by atoms with E-state index >= 15 is 0 Å². The molecule has 4 nitrogen and oxygen atoms in total. The number of thiazole rings is 1. The summed E-state index contributed by atoms with van der Waals surface area (Å²) in [4.78, 5) is 21.1. The molecule has 0 unspecified atom stereocenters. The Morgan fingerprint density at radius 2 is 1.86 bits per heavy atom. The zero-order valence-corrected chi connectivity index (χ0v) is 16.5. The van der Waals surface area contributed by atoms with Gasteiger partial charge in [-0.3, -0.25) is 9.20 Å². The predicted octanol–water partition coefficient (Wildman–Crippen LogP) is 5.17. The van der Waals surface area contributed by atoms with Crippen LogP contribution < -0.4 is 0 Å². The van der Waals surface area contributed by atoms with Gasteiger partial charge in [-0.1, -0.05) is 41.7 Å². The molecule has 142 valence electrons. The third kappa shape index (κ3) is 3.43. The molecular weight excluding hydrogens is 373 g/mol. The topological polar surface area (TPSA) is 37.6 Å². The lowest BCUT2D eigenvalue weighted by Gasteiger charge is -2.20. The highest BCUT2D eigenvalue weighted by molar-refractivity contribution is 7.19. The minimum absolute atomic E-state index is 0.0164. The molecule has 0 saturated carbocycles. The molecule has 4 rings (SSSR count). The van der Waals surface area contributed by atoms with Crippen LogP contribution in [0.4, 0.5) is 4.39 Å². The second kappa shape index (κ2) is 7.56. The third-order valence-corrected chi connectivity index (χ3v) is 5.92. The predicted molar refractivity (Wildman–Crippen MR) is 110 cm³/mol. The van der Waals surface area contributed by atoms with E-state index in [-0.39, 0.29) is 11.7 Å². The van der Waals surface area contributed by atoms with Gasteiger partial charge in [0, 0.05) is 30.5 Å². The number of benzene rings is 2. The van der Waals surface area contributed by atoms with Crippen molar-refractivity contribution in [1.29, 1.82) is 0 Å². The van der Waals surface area contributed by atoms with Crippen LogP contribution in [0.1, 0.15) is 27.9 Å². The van der Waals surface area contributed by atoms with Crippen LogP contribution in [0.2, 0.25) is 0 Å². The van der Waals surface area contributed by atoms with Crippen LogP contribution in [0.25, 0.3) is 16.2 Å². The van der Waals surface area contributed by atoms with Crippen LogP contribution in [0.5, 0.6) is 0 Å². The summed E-state index contributed by atoms with van der Waals surface area (Å²) in [5.74, 6) is -0.255. The van der Waals surface area contributed by atoms with E-state index in [1.807, 2.05) is 59.7 Å². The molecule has 0 fully saturated rings. The van der Waals surface area contributed by atoms with Crippen LogP contribution in [-0.4, -0.2) is 26.7 Å². The van der Waals surface area contributed by atoms with Gasteiger partial charge >= 0.3 is 0 Å². The molecule has 28 heavy (non-hydrogen) atoms. The smallest absolute Gasteiger partial charge is 0.266 e. The second-order valence-corrected chi connectivity index (χ2v) is 7.58. The van der Waals surface area contributed by atoms with E-state index in [1.54, 1.807) is 12.1 Å². The summed E-state index contributed by atoms with van der Waals surface area (Å²) >= 11 is 1.39. The van der Waals surface area contributed by atoms with Crippen molar-refractivity contribution in [3.8, 4) is 11.3 Å². The Kier molecular flexibility index (Phi) is 4.96. The Balaban J connectivity index is 1.63. The Hall–Kier alpha value is -2.99. The highest BCUT2D eigenvalue weighted by atomic mass is 32.1. The number of fused-ring (bicyclic) bond motifs is 1. The van der Waals surface area contributed by atoms with E-state index in [0.29, 0.717) is 18.0 Å². The number of carbonyl (C=O) groups is 1. The van der Waals surface area contributed by atoms with Gasteiger partial charge in [-0.25, -0.2) is 9.37 Å². The van der Waals surface area contributed by atoms with E-state index in [1.165, 1.54) is 23.5 Å². The van der Waals surface area contributed by atoms with Crippen molar-refractivity contribution in [2.24, 2.45) is 0 Å². The highest BCUT2D eigenvalue weighted by Crippen LogP contribution is 2.28. The molecule has 0 aliphatic heterocycles. The highest BCUT2D eigenvalue weighted by Gasteiger charge is 2.22. The van der Waals surface area contributed by atoms with Crippen molar-refractivity contribution in [2.45, 2.75) is 20.4 Å². The number of hydrogen-bond acceptors (Lipinski definition) is 3. The summed E-state index contributed by atoms with van der Waals surface area (Å²) in [6, 6.07) is 16.3. The first-order valence-corrected chi connectivity index (χ1v) is 9.96. The molecule has 0 N–H and O–H groups in total. The van der Waals surface area contributed by atoms with Gasteiger partial charge in [-0.05, 0) is 43.7 Å². The number of halogens is 1. The fraction of sp³-hybridized carbons (Fsp3) is 0.182. The molecule has 0 spiro atoms. The maximum absolute atomic E-state index is 13.2. The molecule has 6 heteroatoms. The number of amides is 1. The summed E-state index contributed by atoms with van der Waals surface area (Å²) in [6.07, 6.45) is 1.90. The molecule has 0 aliphatic rings. The van der Waals surface area contributed by atoms with Crippen LogP contribution in [0.3, 0.4) is 0 Å². The van der Waals surface area contributed by atoms with Crippen molar-refractivity contribution in [3.63, 3.8) is 0 Å². The lowest BCUT2D eigenvalue weighted by molar-refractivity contribution is 0.0756. The summed E-state index contributed by atoms with van der Waals surface area (Å²) in [5.41, 5.74) is 3.60. The molecular formula is C22H20FN3OS. The van der Waals surface area contributed by atoms with Gasteiger partial charge < -0.3 is 4.90 Å². The first kappa shape index (κ1) is 18.4. The maximum Gasteiger partial charge on any atom is 0.266 e. The van der Waals surface area contributed by atoms with Crippen LogP contribution in [0, 0.1) is 12.7 Å². The lowest BCUT2D eigenvalue weighted by Crippen LogP contribution is -2.30. The number of imidazole rings is 1. The van der Waals surface area contributed by atoms with Crippen molar-refractivity contribution < 1.29 is 9.18 Å². The number of hydrogen-bond donors (Lipinski definition) is 0. The minimum atomic E-state index is -0.271. The second-order valence-electron chi connectivity index (χ2n) is 6.61. The third-order valence-electron chi connectivity index (χ3n) is 4.78. The molecule has 2 aromatic heterocycles. The summed E-state index contributed by atoms with van der Waals surface area (Å²) in [5, 5.41) is 0. The monoisotopic (exact) mass is 393 g/mol. The van der Waals surface area contributed by atoms with Gasteiger partial charge in [0.2, 0.25) is 0 Å². The number of rotatable bonds is 5. The number of carbonyl (C=O) groups excluding carboxylic acids is 1. The Morgan fingerprint density at radius 3 is 2.50 bits per heavy atom. The van der Waals surface area contributed by atoms with Crippen molar-refractivity contribution in [2.75, 3.05) is 6.54 Å². The number of nitrogens with zero attached hydrogens (tertiary/aromatic N) is 3. The quantitative estimate of drug-likeness (QED) is 0.469. The molecule has 0 saturated heterocycles. The normalized spacial score (nSPS) is 11.1. The molecule has 0 bridgehead atoms. The molecule has 0 atom stereocenters. The SMILES string of the molecule is CCN(Cc1ccccc1)C(=O)c1sc2nc(-c3ccc(F)cc3)cn2c1C. The van der Waals surface area contributed by atoms with Gasteiger partial charge in [-0.15, -0.1) is 0 Å². The van der Waals surface area contributed by atoms with Gasteiger partial charge in [0.15, 0.2) is 4.96 Å². The average Bonchev–Trinajstić information content (AvgIpc) is 3.26. The number of aromatic nitrogens is 2. The fourth-order valence-electron chi connectivity index (χ4n) is 3.18. The van der Waals surface area contributed by atoms with Crippen LogP contribution in [0.15, 0.2) is 60.8 Å². The Bertz CT molecular complexity index is 1120. The summed E-state index contributed by atoms with van der Waals surface area (Å²) < 4.78 is 15.1. The fourth-order valence-corrected chi connectivity index (χ4v) is 4.26. The molecule has 0 radical (unpaired) electrons. The van der Waals surface area contributed by atoms with E-state index in [9.17, 15) is 9.18 Å². The molecule has 0 aliphatic carbocycles. The van der Waals surface area contributed by atoms with E-state index in [0.717, 1.165) is 27.5 Å². The Morgan fingerprint density at radius 1 is 1.14 bits per heavy atom. The van der Waals surface area contributed by atoms with Crippen LogP contribution >= 0.6 is 11.3 Å². The molecule has 4 aromatic rings. The summed E-state index contributed by atoms with van der Waals surface area (Å²) in [7, 11) is 0. The van der Waals surface area contributed by atoms with Crippen molar-refractivity contribution >= 4 is 22.2 Å². The van der Waals surface area contributed by atoms with E-state index < -0.39 is 0 Å². The minimum Gasteiger partial charge on any atom is -0.334 e. The first-order valence-electron chi connectivity index (χ1n) is 9.14. The van der Waals surface area contributed by atoms with E-state index in [4.69, 9.17) is 0 Å². The molecule has 2 heterocycles. The standard InChI is InChI=1S/C22H20FN3OS/c1-3-25(13-16-7-5-4-6-8-16)21(27)20-15(2)26-14-19(24-22(26)28-20)17-9-11-18(23)12-10-17/h4-12,14H,3,13H2,1-2H3. The zero-order valence-electron chi connectivity index (χ0n) is 15.7. The average molecular weight is 393 g/mol. The van der Waals surface area contributed by atoms with Gasteiger partial charge in [0.1, 0.15) is 10.7 Å². The van der Waals surface area contributed by atoms with Crippen molar-refractivity contribution in [3.05, 3.63) is 82.7 Å². The van der Waals surface area contributed by atoms with Gasteiger partial charge in [-0.2, -0.15) is 0 Å². The largest absolute Gasteiger partial charge is 0.334 e. The molecule has 2 aromatic carbocycles.